The molecular formula is C9H10ClN3S. The highest BCUT2D eigenvalue weighted by Gasteiger charge is 2.04. The highest BCUT2D eigenvalue weighted by molar-refractivity contribution is 7.09. The lowest BCUT2D eigenvalue weighted by Gasteiger charge is -2.01. The van der Waals surface area contributed by atoms with E-state index in [9.17, 15) is 0 Å². The zero-order valence-corrected chi connectivity index (χ0v) is 9.35. The summed E-state index contributed by atoms with van der Waals surface area (Å²) in [5.41, 5.74) is 1.07. The number of aromatic nitrogens is 3. The molecule has 14 heavy (non-hydrogen) atoms. The van der Waals surface area contributed by atoms with Crippen LogP contribution in [0.1, 0.15) is 16.5 Å². The van der Waals surface area contributed by atoms with Gasteiger partial charge in [0.15, 0.2) is 0 Å². The van der Waals surface area contributed by atoms with Crippen molar-refractivity contribution in [3.63, 3.8) is 0 Å². The second-order valence-corrected chi connectivity index (χ2v) is 4.20. The first-order valence-corrected chi connectivity index (χ1v) is 5.68. The Morgan fingerprint density at radius 3 is 3.07 bits per heavy atom. The van der Waals surface area contributed by atoms with Crippen LogP contribution in [0, 0.1) is 6.92 Å². The van der Waals surface area contributed by atoms with Crippen LogP contribution in [0.25, 0.3) is 0 Å². The third-order valence-electron chi connectivity index (χ3n) is 1.89. The normalized spacial score (nSPS) is 10.7. The van der Waals surface area contributed by atoms with E-state index in [0.29, 0.717) is 5.88 Å². The Labute approximate surface area is 91.4 Å². The van der Waals surface area contributed by atoms with E-state index in [1.807, 2.05) is 23.1 Å². The number of nitrogens with zero attached hydrogens (tertiary/aromatic N) is 3. The van der Waals surface area contributed by atoms with Crippen molar-refractivity contribution in [2.45, 2.75) is 19.3 Å². The molecular weight excluding hydrogens is 218 g/mol. The minimum atomic E-state index is 0.442. The van der Waals surface area contributed by atoms with Crippen LogP contribution < -0.4 is 0 Å². The molecule has 0 saturated heterocycles. The summed E-state index contributed by atoms with van der Waals surface area (Å²) in [6.07, 6.45) is 3.69. The largest absolute Gasteiger partial charge is 0.327 e. The van der Waals surface area contributed by atoms with Gasteiger partial charge in [-0.25, -0.2) is 9.97 Å². The summed E-state index contributed by atoms with van der Waals surface area (Å²) in [4.78, 5) is 8.53. The number of hydrogen-bond donors (Lipinski definition) is 0. The Kier molecular flexibility index (Phi) is 2.84. The van der Waals surface area contributed by atoms with Gasteiger partial charge in [0.25, 0.3) is 0 Å². The standard InChI is InChI=1S/C9H10ClN3S/c1-7-6-14-9(12-7)5-13-3-2-11-8(13)4-10/h2-3,6H,4-5H2,1H3. The van der Waals surface area contributed by atoms with E-state index in [1.165, 1.54) is 0 Å². The average Bonchev–Trinajstić information content (AvgIpc) is 2.76. The van der Waals surface area contributed by atoms with Crippen LogP contribution >= 0.6 is 22.9 Å². The van der Waals surface area contributed by atoms with E-state index < -0.39 is 0 Å². The van der Waals surface area contributed by atoms with Crippen molar-refractivity contribution < 1.29 is 0 Å². The van der Waals surface area contributed by atoms with Gasteiger partial charge in [-0.1, -0.05) is 0 Å². The molecule has 3 nitrogen and oxygen atoms in total. The number of thiazole rings is 1. The summed E-state index contributed by atoms with van der Waals surface area (Å²) in [7, 11) is 0. The Balaban J connectivity index is 2.18. The highest BCUT2D eigenvalue weighted by atomic mass is 35.5. The summed E-state index contributed by atoms with van der Waals surface area (Å²) in [5.74, 6) is 1.33. The fourth-order valence-electron chi connectivity index (χ4n) is 1.24. The van der Waals surface area contributed by atoms with Gasteiger partial charge in [-0.05, 0) is 6.92 Å². The van der Waals surface area contributed by atoms with Gasteiger partial charge < -0.3 is 4.57 Å². The summed E-state index contributed by atoms with van der Waals surface area (Å²) in [6.45, 7) is 2.76. The quantitative estimate of drug-likeness (QED) is 0.755. The molecule has 0 atom stereocenters. The number of rotatable bonds is 3. The monoisotopic (exact) mass is 227 g/mol. The summed E-state index contributed by atoms with van der Waals surface area (Å²) in [6, 6.07) is 0. The summed E-state index contributed by atoms with van der Waals surface area (Å²) < 4.78 is 2.02. The summed E-state index contributed by atoms with van der Waals surface area (Å²) >= 11 is 7.41. The molecule has 5 heteroatoms. The minimum absolute atomic E-state index is 0.442. The van der Waals surface area contributed by atoms with Crippen LogP contribution in [0.5, 0.6) is 0 Å². The predicted octanol–water partition coefficient (Wildman–Crippen LogP) is 2.44. The van der Waals surface area contributed by atoms with E-state index in [2.05, 4.69) is 9.97 Å². The molecule has 0 spiro atoms. The van der Waals surface area contributed by atoms with Gasteiger partial charge >= 0.3 is 0 Å². The third kappa shape index (κ3) is 1.96. The van der Waals surface area contributed by atoms with Gasteiger partial charge in [-0.2, -0.15) is 0 Å². The minimum Gasteiger partial charge on any atom is -0.327 e. The molecule has 2 heterocycles. The lowest BCUT2D eigenvalue weighted by atomic mass is 10.5. The van der Waals surface area contributed by atoms with Crippen LogP contribution in [-0.4, -0.2) is 14.5 Å². The second kappa shape index (κ2) is 4.11. The maximum absolute atomic E-state index is 5.74. The molecule has 0 aliphatic rings. The first kappa shape index (κ1) is 9.68. The lowest BCUT2D eigenvalue weighted by Crippen LogP contribution is -2.02. The molecule has 74 valence electrons. The Morgan fingerprint density at radius 2 is 2.43 bits per heavy atom. The molecule has 0 radical (unpaired) electrons. The molecule has 0 saturated carbocycles. The first-order chi connectivity index (χ1) is 6.79. The molecule has 0 aliphatic carbocycles. The van der Waals surface area contributed by atoms with Crippen LogP contribution in [0.15, 0.2) is 17.8 Å². The average molecular weight is 228 g/mol. The van der Waals surface area contributed by atoms with Crippen molar-refractivity contribution in [2.75, 3.05) is 0 Å². The molecule has 2 aromatic heterocycles. The molecule has 2 aromatic rings. The number of aryl methyl sites for hydroxylation is 1. The molecule has 0 fully saturated rings. The van der Waals surface area contributed by atoms with Crippen molar-refractivity contribution in [1.29, 1.82) is 0 Å². The van der Waals surface area contributed by atoms with Gasteiger partial charge in [-0.3, -0.25) is 0 Å². The molecule has 0 unspecified atom stereocenters. The lowest BCUT2D eigenvalue weighted by molar-refractivity contribution is 0.748. The predicted molar refractivity (Wildman–Crippen MR) is 57.7 cm³/mol. The molecule has 0 aromatic carbocycles. The third-order valence-corrected chi connectivity index (χ3v) is 3.08. The van der Waals surface area contributed by atoms with Gasteiger partial charge in [0.1, 0.15) is 10.8 Å². The van der Waals surface area contributed by atoms with E-state index in [-0.39, 0.29) is 0 Å². The smallest absolute Gasteiger partial charge is 0.123 e. The van der Waals surface area contributed by atoms with E-state index in [1.54, 1.807) is 17.5 Å². The van der Waals surface area contributed by atoms with Crippen molar-refractivity contribution in [1.82, 2.24) is 14.5 Å². The molecule has 0 N–H and O–H groups in total. The zero-order valence-electron chi connectivity index (χ0n) is 7.77. The summed E-state index contributed by atoms with van der Waals surface area (Å²) in [5, 5.41) is 3.14. The van der Waals surface area contributed by atoms with E-state index >= 15 is 0 Å². The van der Waals surface area contributed by atoms with Gasteiger partial charge in [-0.15, -0.1) is 22.9 Å². The molecule has 0 amide bonds. The molecule has 0 aliphatic heterocycles. The molecule has 2 rings (SSSR count). The van der Waals surface area contributed by atoms with E-state index in [4.69, 9.17) is 11.6 Å². The Hall–Kier alpha value is -0.870. The van der Waals surface area contributed by atoms with Crippen LogP contribution in [-0.2, 0) is 12.4 Å². The topological polar surface area (TPSA) is 30.7 Å². The fourth-order valence-corrected chi connectivity index (χ4v) is 2.23. The van der Waals surface area contributed by atoms with Gasteiger partial charge in [0, 0.05) is 23.5 Å². The SMILES string of the molecule is Cc1csc(Cn2ccnc2CCl)n1. The number of hydrogen-bond acceptors (Lipinski definition) is 3. The van der Waals surface area contributed by atoms with Crippen LogP contribution in [0.4, 0.5) is 0 Å². The van der Waals surface area contributed by atoms with Crippen LogP contribution in [0.3, 0.4) is 0 Å². The first-order valence-electron chi connectivity index (χ1n) is 4.26. The molecule has 0 bridgehead atoms. The zero-order chi connectivity index (χ0) is 9.97. The highest BCUT2D eigenvalue weighted by Crippen LogP contribution is 2.12. The van der Waals surface area contributed by atoms with Gasteiger partial charge in [0.2, 0.25) is 0 Å². The number of halogens is 1. The van der Waals surface area contributed by atoms with Crippen LogP contribution in [0.2, 0.25) is 0 Å². The Morgan fingerprint density at radius 1 is 1.57 bits per heavy atom. The Bertz CT molecular complexity index is 421. The van der Waals surface area contributed by atoms with Crippen molar-refractivity contribution in [3.8, 4) is 0 Å². The maximum Gasteiger partial charge on any atom is 0.123 e. The van der Waals surface area contributed by atoms with Gasteiger partial charge in [0.05, 0.1) is 12.4 Å². The maximum atomic E-state index is 5.74. The van der Waals surface area contributed by atoms with E-state index in [0.717, 1.165) is 23.1 Å². The van der Waals surface area contributed by atoms with Crippen molar-refractivity contribution in [2.24, 2.45) is 0 Å². The fraction of sp³-hybridized carbons (Fsp3) is 0.333. The van der Waals surface area contributed by atoms with Crippen molar-refractivity contribution >= 4 is 22.9 Å². The number of imidazole rings is 1. The second-order valence-electron chi connectivity index (χ2n) is 2.99. The number of alkyl halides is 1. The van der Waals surface area contributed by atoms with Crippen molar-refractivity contribution in [3.05, 3.63) is 34.3 Å².